The molecule has 0 bridgehead atoms. The van der Waals surface area contributed by atoms with E-state index in [4.69, 9.17) is 5.11 Å². The molecule has 8 heavy (non-hydrogen) atoms. The Hall–Kier alpha value is 0.846. The number of carboxylic acid groups (broad SMARTS) is 1. The SMILES string of the molecule is C=[CH][K].CCC(=O)O. The Bertz CT molecular complexity index is 70.8. The van der Waals surface area contributed by atoms with E-state index in [1.54, 1.807) is 6.92 Å². The summed E-state index contributed by atoms with van der Waals surface area (Å²) in [5.41, 5.74) is 0. The molecule has 0 radical (unpaired) electrons. The average Bonchev–Trinajstić information content (AvgIpc) is 1.69. The van der Waals surface area contributed by atoms with Gasteiger partial charge in [-0.2, -0.15) is 0 Å². The van der Waals surface area contributed by atoms with Crippen LogP contribution in [-0.2, 0) is 4.79 Å². The molecule has 0 saturated heterocycles. The summed E-state index contributed by atoms with van der Waals surface area (Å²) in [6.45, 7) is 5.04. The summed E-state index contributed by atoms with van der Waals surface area (Å²) in [6.07, 6.45) is 0.222. The normalized spacial score (nSPS) is 6.38. The van der Waals surface area contributed by atoms with E-state index in [2.05, 4.69) is 6.58 Å². The van der Waals surface area contributed by atoms with Crippen LogP contribution in [0, 0.1) is 0 Å². The molecular formula is C5H9KO2. The summed E-state index contributed by atoms with van der Waals surface area (Å²) < 4.78 is 1.94. The number of carbonyl (C=O) groups is 1. The van der Waals surface area contributed by atoms with Crippen molar-refractivity contribution in [2.45, 2.75) is 13.3 Å². The maximum atomic E-state index is 9.37. The zero-order valence-corrected chi connectivity index (χ0v) is 8.47. The van der Waals surface area contributed by atoms with Gasteiger partial charge in [0.1, 0.15) is 0 Å². The Labute approximate surface area is 83.6 Å². The number of aliphatic carboxylic acids is 1. The van der Waals surface area contributed by atoms with E-state index in [0.717, 1.165) is 49.0 Å². The van der Waals surface area contributed by atoms with Crippen molar-refractivity contribution in [3.8, 4) is 0 Å². The van der Waals surface area contributed by atoms with Gasteiger partial charge in [0.05, 0.1) is 0 Å². The molecule has 0 aliphatic heterocycles. The van der Waals surface area contributed by atoms with Crippen molar-refractivity contribution in [2.75, 3.05) is 0 Å². The van der Waals surface area contributed by atoms with Gasteiger partial charge in [0.15, 0.2) is 0 Å². The fraction of sp³-hybridized carbons (Fsp3) is 0.400. The van der Waals surface area contributed by atoms with E-state index in [1.807, 2.05) is 0.171 Å². The van der Waals surface area contributed by atoms with Gasteiger partial charge >= 0.3 is 61.7 Å². The molecule has 0 aromatic carbocycles. The summed E-state index contributed by atoms with van der Waals surface area (Å²) in [7, 11) is 0. The molecule has 0 spiro atoms. The molecule has 42 valence electrons. The van der Waals surface area contributed by atoms with E-state index >= 15 is 0 Å². The van der Waals surface area contributed by atoms with Crippen LogP contribution < -0.4 is 0 Å². The van der Waals surface area contributed by atoms with E-state index in [-0.39, 0.29) is 6.42 Å². The van der Waals surface area contributed by atoms with Gasteiger partial charge in [0.2, 0.25) is 0 Å². The zero-order valence-electron chi connectivity index (χ0n) is 5.35. The van der Waals surface area contributed by atoms with Gasteiger partial charge in [0.25, 0.3) is 0 Å². The van der Waals surface area contributed by atoms with Gasteiger partial charge in [-0.15, -0.1) is 0 Å². The topological polar surface area (TPSA) is 37.3 Å². The maximum absolute atomic E-state index is 9.37. The standard InChI is InChI=1S/C3H6O2.C2H3.K/c1-2-3(4)5;1-2;/h2H2,1H3,(H,4,5);1H,2H2;. The summed E-state index contributed by atoms with van der Waals surface area (Å²) in [5, 5.41) is 7.72. The second kappa shape index (κ2) is 10.8. The maximum Gasteiger partial charge on any atom is 0.303 e. The summed E-state index contributed by atoms with van der Waals surface area (Å²) >= 11 is 0.868. The van der Waals surface area contributed by atoms with Crippen molar-refractivity contribution in [3.63, 3.8) is 0 Å². The second-order valence-corrected chi connectivity index (χ2v) is 2.43. The van der Waals surface area contributed by atoms with Crippen LogP contribution in [0.3, 0.4) is 0 Å². The fourth-order valence-electron chi connectivity index (χ4n) is 0. The quantitative estimate of drug-likeness (QED) is 0.546. The zero-order chi connectivity index (χ0) is 6.99. The molecule has 0 unspecified atom stereocenters. The molecule has 0 aromatic heterocycles. The second-order valence-electron chi connectivity index (χ2n) is 1.16. The Kier molecular flexibility index (Phi) is 15.6. The van der Waals surface area contributed by atoms with Crippen LogP contribution in [0.15, 0.2) is 6.75 Å². The average molecular weight is 140 g/mol. The molecule has 0 aromatic rings. The Balaban J connectivity index is 0. The van der Waals surface area contributed by atoms with Crippen LogP contribution in [0.1, 0.15) is 13.3 Å². The molecule has 0 heterocycles. The van der Waals surface area contributed by atoms with E-state index < -0.39 is 5.97 Å². The van der Waals surface area contributed by atoms with Crippen molar-refractivity contribution < 1.29 is 9.90 Å². The number of carboxylic acids is 1. The molecule has 0 amide bonds. The molecule has 0 saturated carbocycles. The van der Waals surface area contributed by atoms with Gasteiger partial charge in [-0.3, -0.25) is 4.79 Å². The van der Waals surface area contributed by atoms with Crippen molar-refractivity contribution in [2.24, 2.45) is 0 Å². The molecule has 0 fully saturated rings. The van der Waals surface area contributed by atoms with Crippen LogP contribution in [0.4, 0.5) is 0 Å². The van der Waals surface area contributed by atoms with Gasteiger partial charge in [-0.1, -0.05) is 6.92 Å². The fourth-order valence-corrected chi connectivity index (χ4v) is 0. The van der Waals surface area contributed by atoms with Gasteiger partial charge < -0.3 is 5.11 Å². The van der Waals surface area contributed by atoms with Crippen LogP contribution >= 0.6 is 0 Å². The van der Waals surface area contributed by atoms with Crippen LogP contribution in [0.25, 0.3) is 0 Å². The molecule has 3 heteroatoms. The Morgan fingerprint density at radius 3 is 2.12 bits per heavy atom. The molecule has 0 atom stereocenters. The summed E-state index contributed by atoms with van der Waals surface area (Å²) in [4.78, 5) is 9.37. The minimum Gasteiger partial charge on any atom is -0.481 e. The monoisotopic (exact) mass is 140 g/mol. The van der Waals surface area contributed by atoms with Crippen molar-refractivity contribution >= 4 is 54.9 Å². The first-order chi connectivity index (χ1) is 3.68. The van der Waals surface area contributed by atoms with Crippen LogP contribution in [0.5, 0.6) is 0 Å². The summed E-state index contributed by atoms with van der Waals surface area (Å²) in [5.74, 6) is -0.745. The molecule has 0 aliphatic carbocycles. The summed E-state index contributed by atoms with van der Waals surface area (Å²) in [6, 6.07) is 0. The molecular weight excluding hydrogens is 131 g/mol. The number of hydrogen-bond acceptors (Lipinski definition) is 1. The van der Waals surface area contributed by atoms with Crippen LogP contribution in [0.2, 0.25) is 0 Å². The van der Waals surface area contributed by atoms with Crippen molar-refractivity contribution in [1.82, 2.24) is 0 Å². The smallest absolute Gasteiger partial charge is 0.303 e. The first-order valence-electron chi connectivity index (χ1n) is 2.47. The third-order valence-corrected chi connectivity index (χ3v) is 0.302. The first-order valence-corrected chi connectivity index (χ1v) is 4.28. The molecule has 0 aliphatic rings. The van der Waals surface area contributed by atoms with Gasteiger partial charge in [-0.05, 0) is 0 Å². The molecule has 2 nitrogen and oxygen atoms in total. The van der Waals surface area contributed by atoms with Crippen LogP contribution in [-0.4, -0.2) is 60.0 Å². The number of hydrogen-bond donors (Lipinski definition) is 1. The Morgan fingerprint density at radius 2 is 2.12 bits per heavy atom. The number of rotatable bonds is 1. The minimum absolute atomic E-state index is 0.222. The first kappa shape index (κ1) is 11.6. The third-order valence-electron chi connectivity index (χ3n) is 0.302. The Morgan fingerprint density at radius 1 is 2.00 bits per heavy atom. The predicted octanol–water partition coefficient (Wildman–Crippen LogP) is 0.779. The van der Waals surface area contributed by atoms with Crippen molar-refractivity contribution in [3.05, 3.63) is 6.75 Å². The van der Waals surface area contributed by atoms with Crippen molar-refractivity contribution in [1.29, 1.82) is 0 Å². The van der Waals surface area contributed by atoms with Gasteiger partial charge in [-0.25, -0.2) is 0 Å². The van der Waals surface area contributed by atoms with E-state index in [1.165, 1.54) is 0 Å². The molecule has 1 N–H and O–H groups in total. The van der Waals surface area contributed by atoms with E-state index in [9.17, 15) is 4.79 Å². The third kappa shape index (κ3) is 28.9. The predicted molar refractivity (Wildman–Crippen MR) is 33.9 cm³/mol. The molecule has 0 rings (SSSR count). The minimum atomic E-state index is -0.745. The largest absolute Gasteiger partial charge is 0.481 e. The van der Waals surface area contributed by atoms with E-state index in [0.29, 0.717) is 0 Å². The van der Waals surface area contributed by atoms with Gasteiger partial charge in [0, 0.05) is 6.42 Å².